The molecule has 3 heteroatoms. The van der Waals surface area contributed by atoms with Crippen molar-refractivity contribution in [3.8, 4) is 22.6 Å². The second-order valence-electron chi connectivity index (χ2n) is 6.00. The Morgan fingerprint density at radius 1 is 0.885 bits per heavy atom. The zero-order valence-corrected chi connectivity index (χ0v) is 14.7. The highest BCUT2D eigenvalue weighted by molar-refractivity contribution is 7.25. The van der Waals surface area contributed by atoms with Crippen LogP contribution < -0.4 is 0 Å². The monoisotopic (exact) mass is 357 g/mol. The van der Waals surface area contributed by atoms with E-state index in [1.54, 1.807) is 17.4 Å². The molecule has 0 bridgehead atoms. The van der Waals surface area contributed by atoms with Gasteiger partial charge in [-0.2, -0.15) is 0 Å². The first-order valence-electron chi connectivity index (χ1n) is 10.7. The van der Waals surface area contributed by atoms with Gasteiger partial charge in [-0.3, -0.25) is 0 Å². The van der Waals surface area contributed by atoms with Crippen LogP contribution in [0.2, 0.25) is 0 Å². The predicted molar refractivity (Wildman–Crippen MR) is 111 cm³/mol. The van der Waals surface area contributed by atoms with Crippen molar-refractivity contribution in [1.82, 2.24) is 9.97 Å². The Bertz CT molecular complexity index is 1480. The van der Waals surface area contributed by atoms with Gasteiger partial charge in [0.15, 0.2) is 5.82 Å². The van der Waals surface area contributed by atoms with E-state index < -0.39 is 6.04 Å². The molecule has 0 saturated carbocycles. The van der Waals surface area contributed by atoms with Crippen LogP contribution in [0.4, 0.5) is 0 Å². The van der Waals surface area contributed by atoms with Crippen LogP contribution in [0.15, 0.2) is 78.7 Å². The van der Waals surface area contributed by atoms with Gasteiger partial charge in [-0.1, -0.05) is 60.5 Å². The molecule has 26 heavy (non-hydrogen) atoms. The fourth-order valence-electron chi connectivity index (χ4n) is 3.16. The number of aromatic nitrogens is 2. The van der Waals surface area contributed by atoms with Crippen LogP contribution in [0.1, 0.15) is 12.5 Å². The second kappa shape index (κ2) is 6.04. The van der Waals surface area contributed by atoms with Crippen molar-refractivity contribution in [3.05, 3.63) is 84.4 Å². The van der Waals surface area contributed by atoms with Gasteiger partial charge in [-0.15, -0.1) is 11.3 Å². The first-order valence-corrected chi connectivity index (χ1v) is 9.02. The Labute approximate surface area is 162 Å². The number of thiophene rings is 1. The average Bonchev–Trinajstić information content (AvgIpc) is 3.15. The minimum atomic E-state index is -0.417. The Hall–Kier alpha value is -3.04. The van der Waals surface area contributed by atoms with Crippen molar-refractivity contribution < 1.29 is 6.85 Å². The molecule has 0 atom stereocenters. The van der Waals surface area contributed by atoms with Crippen LogP contribution in [0.5, 0.6) is 0 Å². The standard InChI is InChI=1S/C23H16N2S/c1-15-14-19(16-8-3-2-4-9-16)25-23(24-15)18-11-7-13-21-22(18)17-10-5-6-12-20(17)26-21/h2-14H,1H3/i2D,3D,4D,8D,9D. The smallest absolute Gasteiger partial charge is 0.160 e. The lowest BCUT2D eigenvalue weighted by Crippen LogP contribution is -1.95. The van der Waals surface area contributed by atoms with Crippen molar-refractivity contribution in [1.29, 1.82) is 0 Å². The maximum Gasteiger partial charge on any atom is 0.160 e. The van der Waals surface area contributed by atoms with Gasteiger partial charge in [-0.25, -0.2) is 9.97 Å². The second-order valence-corrected chi connectivity index (χ2v) is 7.08. The number of benzene rings is 3. The van der Waals surface area contributed by atoms with E-state index in [0.717, 1.165) is 21.0 Å². The van der Waals surface area contributed by atoms with E-state index in [0.29, 0.717) is 17.2 Å². The molecule has 0 radical (unpaired) electrons. The maximum absolute atomic E-state index is 8.30. The Balaban J connectivity index is 1.81. The van der Waals surface area contributed by atoms with Crippen LogP contribution in [0, 0.1) is 6.92 Å². The normalized spacial score (nSPS) is 14.0. The average molecular weight is 357 g/mol. The van der Waals surface area contributed by atoms with Gasteiger partial charge in [0.05, 0.1) is 12.5 Å². The Kier molecular flexibility index (Phi) is 2.52. The Morgan fingerprint density at radius 3 is 2.58 bits per heavy atom. The fourth-order valence-corrected chi connectivity index (χ4v) is 4.29. The number of aryl methyl sites for hydroxylation is 1. The topological polar surface area (TPSA) is 25.8 Å². The number of fused-ring (bicyclic) bond motifs is 3. The molecule has 124 valence electrons. The summed E-state index contributed by atoms with van der Waals surface area (Å²) in [5.41, 5.74) is 1.91. The van der Waals surface area contributed by atoms with Crippen LogP contribution in [-0.2, 0) is 0 Å². The molecule has 5 rings (SSSR count). The minimum absolute atomic E-state index is 0.0834. The molecule has 2 nitrogen and oxygen atoms in total. The Morgan fingerprint density at radius 2 is 1.69 bits per heavy atom. The highest BCUT2D eigenvalue weighted by atomic mass is 32.1. The molecule has 0 spiro atoms. The van der Waals surface area contributed by atoms with Gasteiger partial charge < -0.3 is 0 Å². The van der Waals surface area contributed by atoms with Crippen molar-refractivity contribution in [2.24, 2.45) is 0 Å². The largest absolute Gasteiger partial charge is 0.233 e. The molecular formula is C23H16N2S. The van der Waals surface area contributed by atoms with Gasteiger partial charge in [0.2, 0.25) is 0 Å². The molecule has 2 aromatic heterocycles. The van der Waals surface area contributed by atoms with E-state index in [9.17, 15) is 0 Å². The molecule has 3 aromatic carbocycles. The summed E-state index contributed by atoms with van der Waals surface area (Å²) in [4.78, 5) is 9.30. The summed E-state index contributed by atoms with van der Waals surface area (Å²) in [6.45, 7) is 1.82. The molecular weight excluding hydrogens is 336 g/mol. The lowest BCUT2D eigenvalue weighted by atomic mass is 10.0. The number of nitrogens with zero attached hydrogens (tertiary/aromatic N) is 2. The van der Waals surface area contributed by atoms with Crippen molar-refractivity contribution in [3.63, 3.8) is 0 Å². The first-order chi connectivity index (χ1) is 14.9. The van der Waals surface area contributed by atoms with E-state index >= 15 is 0 Å². The molecule has 0 N–H and O–H groups in total. The number of hydrogen-bond donors (Lipinski definition) is 0. The van der Waals surface area contributed by atoms with Gasteiger partial charge in [0, 0.05) is 37.0 Å². The van der Waals surface area contributed by atoms with Crippen LogP contribution in [0.3, 0.4) is 0 Å². The minimum Gasteiger partial charge on any atom is -0.233 e. The third-order valence-electron chi connectivity index (χ3n) is 4.25. The fraction of sp³-hybridized carbons (Fsp3) is 0.0435. The first kappa shape index (κ1) is 10.8. The summed E-state index contributed by atoms with van der Waals surface area (Å²) < 4.78 is 42.7. The highest BCUT2D eigenvalue weighted by Crippen LogP contribution is 2.39. The van der Waals surface area contributed by atoms with E-state index in [-0.39, 0.29) is 29.7 Å². The molecule has 0 aliphatic rings. The summed E-state index contributed by atoms with van der Waals surface area (Å²) in [6, 6.07) is 14.1. The third-order valence-corrected chi connectivity index (χ3v) is 5.39. The molecule has 2 heterocycles. The lowest BCUT2D eigenvalue weighted by Gasteiger charge is -2.08. The number of hydrogen-bond acceptors (Lipinski definition) is 3. The number of rotatable bonds is 2. The van der Waals surface area contributed by atoms with Crippen molar-refractivity contribution in [2.75, 3.05) is 0 Å². The summed E-state index contributed by atoms with van der Waals surface area (Å²) >= 11 is 1.70. The SMILES string of the molecule is [2H]c1c([2H])c([2H])c(-c2cc(C)nc(-c3cccc4sc5ccccc5c34)n2)c([2H])c1[2H]. The summed E-state index contributed by atoms with van der Waals surface area (Å²) in [7, 11) is 0. The molecule has 5 aromatic rings. The van der Waals surface area contributed by atoms with Gasteiger partial charge in [-0.05, 0) is 25.1 Å². The van der Waals surface area contributed by atoms with E-state index in [2.05, 4.69) is 28.2 Å². The van der Waals surface area contributed by atoms with E-state index in [1.165, 1.54) is 4.70 Å². The zero-order valence-electron chi connectivity index (χ0n) is 18.9. The molecule has 0 saturated heterocycles. The molecule has 0 unspecified atom stereocenters. The zero-order chi connectivity index (χ0) is 21.9. The van der Waals surface area contributed by atoms with Crippen LogP contribution in [0.25, 0.3) is 42.8 Å². The van der Waals surface area contributed by atoms with Crippen LogP contribution >= 0.6 is 11.3 Å². The van der Waals surface area contributed by atoms with Crippen molar-refractivity contribution >= 4 is 31.5 Å². The van der Waals surface area contributed by atoms with Gasteiger partial charge in [0.1, 0.15) is 0 Å². The third kappa shape index (κ3) is 2.49. The maximum atomic E-state index is 8.30. The molecule has 0 amide bonds. The summed E-state index contributed by atoms with van der Waals surface area (Å²) in [5, 5.41) is 2.17. The van der Waals surface area contributed by atoms with E-state index in [1.807, 2.05) is 31.2 Å². The van der Waals surface area contributed by atoms with Gasteiger partial charge >= 0.3 is 0 Å². The lowest BCUT2D eigenvalue weighted by molar-refractivity contribution is 1.12. The van der Waals surface area contributed by atoms with E-state index in [4.69, 9.17) is 6.85 Å². The van der Waals surface area contributed by atoms with Gasteiger partial charge in [0.25, 0.3) is 0 Å². The molecule has 0 aliphatic heterocycles. The summed E-state index contributed by atoms with van der Waals surface area (Å²) in [6.07, 6.45) is 0. The molecule has 0 aliphatic carbocycles. The molecule has 0 fully saturated rings. The van der Waals surface area contributed by atoms with Crippen molar-refractivity contribution in [2.45, 2.75) is 6.92 Å². The summed E-state index contributed by atoms with van der Waals surface area (Å²) in [5.74, 6) is 0.468. The quantitative estimate of drug-likeness (QED) is 0.361. The van der Waals surface area contributed by atoms with Crippen LogP contribution in [-0.4, -0.2) is 9.97 Å². The predicted octanol–water partition coefficient (Wildman–Crippen LogP) is 6.49. The highest BCUT2D eigenvalue weighted by Gasteiger charge is 2.14.